The highest BCUT2D eigenvalue weighted by Gasteiger charge is 2.19. The van der Waals surface area contributed by atoms with E-state index in [1.54, 1.807) is 13.4 Å². The van der Waals surface area contributed by atoms with E-state index in [9.17, 15) is 4.79 Å². The minimum atomic E-state index is 0.0417. The predicted octanol–water partition coefficient (Wildman–Crippen LogP) is 1.72. The molecule has 0 unspecified atom stereocenters. The van der Waals surface area contributed by atoms with Crippen LogP contribution >= 0.6 is 0 Å². The molecule has 6 nitrogen and oxygen atoms in total. The van der Waals surface area contributed by atoms with Crippen LogP contribution in [0.2, 0.25) is 0 Å². The number of benzene rings is 1. The summed E-state index contributed by atoms with van der Waals surface area (Å²) in [6, 6.07) is 11.9. The number of carbonyl (C=O) groups excluding carboxylic acids is 1. The lowest BCUT2D eigenvalue weighted by atomic mass is 10.2. The van der Waals surface area contributed by atoms with Gasteiger partial charge >= 0.3 is 0 Å². The molecule has 1 fully saturated rings. The van der Waals surface area contributed by atoms with Gasteiger partial charge in [0.15, 0.2) is 0 Å². The van der Waals surface area contributed by atoms with Gasteiger partial charge in [0.1, 0.15) is 11.5 Å². The highest BCUT2D eigenvalue weighted by atomic mass is 16.5. The topological polar surface area (TPSA) is 58.0 Å². The van der Waals surface area contributed by atoms with E-state index in [0.29, 0.717) is 13.1 Å². The standard InChI is InChI=1S/C19H25N3O3/c1-24-17-6-4-16(5-7-17)14-21-8-10-22(11-9-21)15-19(23)20-13-18-3-2-12-25-18/h2-7,12H,8-11,13-15H2,1H3,(H,20,23). The van der Waals surface area contributed by atoms with E-state index in [4.69, 9.17) is 9.15 Å². The molecule has 134 valence electrons. The normalized spacial score (nSPS) is 15.9. The van der Waals surface area contributed by atoms with E-state index in [1.165, 1.54) is 5.56 Å². The maximum atomic E-state index is 12.0. The average Bonchev–Trinajstić information content (AvgIpc) is 3.16. The second kappa shape index (κ2) is 8.69. The SMILES string of the molecule is COc1ccc(CN2CCN(CC(=O)NCc3ccco3)CC2)cc1. The van der Waals surface area contributed by atoms with Gasteiger partial charge in [0, 0.05) is 32.7 Å². The molecular formula is C19H25N3O3. The first-order chi connectivity index (χ1) is 12.2. The Balaban J connectivity index is 1.37. The van der Waals surface area contributed by atoms with E-state index in [1.807, 2.05) is 24.3 Å². The van der Waals surface area contributed by atoms with Crippen LogP contribution < -0.4 is 10.1 Å². The van der Waals surface area contributed by atoms with E-state index < -0.39 is 0 Å². The number of rotatable bonds is 7. The fourth-order valence-corrected chi connectivity index (χ4v) is 2.95. The van der Waals surface area contributed by atoms with Crippen LogP contribution in [0.3, 0.4) is 0 Å². The first-order valence-electron chi connectivity index (χ1n) is 8.59. The largest absolute Gasteiger partial charge is 0.497 e. The molecule has 1 aliphatic rings. The fourth-order valence-electron chi connectivity index (χ4n) is 2.95. The second-order valence-corrected chi connectivity index (χ2v) is 6.26. The average molecular weight is 343 g/mol. The number of piperazine rings is 1. The van der Waals surface area contributed by atoms with Crippen molar-refractivity contribution in [3.8, 4) is 5.75 Å². The number of methoxy groups -OCH3 is 1. The third kappa shape index (κ3) is 5.34. The van der Waals surface area contributed by atoms with Crippen molar-refractivity contribution < 1.29 is 13.9 Å². The van der Waals surface area contributed by atoms with Crippen molar-refractivity contribution in [3.63, 3.8) is 0 Å². The molecule has 1 N–H and O–H groups in total. The molecule has 0 saturated carbocycles. The molecule has 0 bridgehead atoms. The lowest BCUT2D eigenvalue weighted by Crippen LogP contribution is -2.49. The van der Waals surface area contributed by atoms with Crippen molar-refractivity contribution in [2.75, 3.05) is 39.8 Å². The lowest BCUT2D eigenvalue weighted by molar-refractivity contribution is -0.122. The number of ether oxygens (including phenoxy) is 1. The molecule has 0 atom stereocenters. The van der Waals surface area contributed by atoms with Crippen LogP contribution in [-0.2, 0) is 17.9 Å². The molecule has 3 rings (SSSR count). The van der Waals surface area contributed by atoms with E-state index in [0.717, 1.165) is 44.2 Å². The summed E-state index contributed by atoms with van der Waals surface area (Å²) in [6.45, 7) is 5.58. The first-order valence-corrected chi connectivity index (χ1v) is 8.59. The molecule has 1 saturated heterocycles. The number of carbonyl (C=O) groups is 1. The maximum absolute atomic E-state index is 12.0. The highest BCUT2D eigenvalue weighted by Crippen LogP contribution is 2.14. The first kappa shape index (κ1) is 17.5. The van der Waals surface area contributed by atoms with Gasteiger partial charge in [-0.05, 0) is 29.8 Å². The molecule has 25 heavy (non-hydrogen) atoms. The van der Waals surface area contributed by atoms with Crippen molar-refractivity contribution in [2.24, 2.45) is 0 Å². The quantitative estimate of drug-likeness (QED) is 0.830. The third-order valence-electron chi connectivity index (χ3n) is 4.44. The summed E-state index contributed by atoms with van der Waals surface area (Å²) in [5.41, 5.74) is 1.28. The van der Waals surface area contributed by atoms with Crippen molar-refractivity contribution >= 4 is 5.91 Å². The van der Waals surface area contributed by atoms with Gasteiger partial charge in [-0.2, -0.15) is 0 Å². The lowest BCUT2D eigenvalue weighted by Gasteiger charge is -2.34. The molecule has 6 heteroatoms. The fraction of sp³-hybridized carbons (Fsp3) is 0.421. The van der Waals surface area contributed by atoms with Crippen molar-refractivity contribution in [1.82, 2.24) is 15.1 Å². The molecule has 1 aliphatic heterocycles. The Morgan fingerprint density at radius 3 is 2.48 bits per heavy atom. The summed E-state index contributed by atoms with van der Waals surface area (Å²) in [6.07, 6.45) is 1.61. The molecule has 1 aromatic carbocycles. The number of amides is 1. The van der Waals surface area contributed by atoms with Crippen molar-refractivity contribution in [2.45, 2.75) is 13.1 Å². The number of hydrogen-bond acceptors (Lipinski definition) is 5. The summed E-state index contributed by atoms with van der Waals surface area (Å²) >= 11 is 0. The molecule has 0 aliphatic carbocycles. The Kier molecular flexibility index (Phi) is 6.09. The van der Waals surface area contributed by atoms with Crippen molar-refractivity contribution in [1.29, 1.82) is 0 Å². The van der Waals surface area contributed by atoms with Gasteiger partial charge in [-0.1, -0.05) is 12.1 Å². The summed E-state index contributed by atoms with van der Waals surface area (Å²) in [4.78, 5) is 16.6. The van der Waals surface area contributed by atoms with Gasteiger partial charge < -0.3 is 14.5 Å². The Labute approximate surface area is 148 Å². The molecular weight excluding hydrogens is 318 g/mol. The zero-order chi connectivity index (χ0) is 17.5. The Morgan fingerprint density at radius 2 is 1.84 bits per heavy atom. The monoisotopic (exact) mass is 343 g/mol. The summed E-state index contributed by atoms with van der Waals surface area (Å²) in [7, 11) is 1.68. The van der Waals surface area contributed by atoms with E-state index >= 15 is 0 Å². The van der Waals surface area contributed by atoms with Crippen molar-refractivity contribution in [3.05, 3.63) is 54.0 Å². The summed E-state index contributed by atoms with van der Waals surface area (Å²) in [5.74, 6) is 1.70. The minimum absolute atomic E-state index is 0.0417. The molecule has 2 aromatic rings. The Morgan fingerprint density at radius 1 is 1.12 bits per heavy atom. The molecule has 1 aromatic heterocycles. The zero-order valence-electron chi connectivity index (χ0n) is 14.6. The maximum Gasteiger partial charge on any atom is 0.234 e. The van der Waals surface area contributed by atoms with Gasteiger partial charge in [-0.3, -0.25) is 14.6 Å². The van der Waals surface area contributed by atoms with E-state index in [2.05, 4.69) is 27.2 Å². The smallest absolute Gasteiger partial charge is 0.234 e. The van der Waals surface area contributed by atoms with Crippen LogP contribution in [0.25, 0.3) is 0 Å². The van der Waals surface area contributed by atoms with Crippen LogP contribution in [-0.4, -0.2) is 55.5 Å². The number of furan rings is 1. The zero-order valence-corrected chi connectivity index (χ0v) is 14.6. The third-order valence-corrected chi connectivity index (χ3v) is 4.44. The van der Waals surface area contributed by atoms with E-state index in [-0.39, 0.29) is 5.91 Å². The van der Waals surface area contributed by atoms with Crippen LogP contribution in [0.4, 0.5) is 0 Å². The number of nitrogens with one attached hydrogen (secondary N) is 1. The summed E-state index contributed by atoms with van der Waals surface area (Å²) < 4.78 is 10.4. The second-order valence-electron chi connectivity index (χ2n) is 6.26. The number of nitrogens with zero attached hydrogens (tertiary/aromatic N) is 2. The number of hydrogen-bond donors (Lipinski definition) is 1. The van der Waals surface area contributed by atoms with Gasteiger partial charge in [-0.15, -0.1) is 0 Å². The molecule has 2 heterocycles. The molecule has 1 amide bonds. The minimum Gasteiger partial charge on any atom is -0.497 e. The summed E-state index contributed by atoms with van der Waals surface area (Å²) in [5, 5.41) is 2.89. The van der Waals surface area contributed by atoms with Crippen LogP contribution in [0.5, 0.6) is 5.75 Å². The van der Waals surface area contributed by atoms with Gasteiger partial charge in [0.25, 0.3) is 0 Å². The van der Waals surface area contributed by atoms with Gasteiger partial charge in [0.2, 0.25) is 5.91 Å². The van der Waals surface area contributed by atoms with Crippen LogP contribution in [0.15, 0.2) is 47.1 Å². The highest BCUT2D eigenvalue weighted by molar-refractivity contribution is 5.77. The Bertz CT molecular complexity index is 647. The van der Waals surface area contributed by atoms with Crippen LogP contribution in [0, 0.1) is 0 Å². The molecule has 0 spiro atoms. The predicted molar refractivity (Wildman–Crippen MR) is 95.3 cm³/mol. The van der Waals surface area contributed by atoms with Gasteiger partial charge in [-0.25, -0.2) is 0 Å². The van der Waals surface area contributed by atoms with Gasteiger partial charge in [0.05, 0.1) is 26.5 Å². The Hall–Kier alpha value is -2.31. The molecule has 0 radical (unpaired) electrons. The van der Waals surface area contributed by atoms with Crippen LogP contribution in [0.1, 0.15) is 11.3 Å².